The summed E-state index contributed by atoms with van der Waals surface area (Å²) >= 11 is 0. The molecule has 4 nitrogen and oxygen atoms in total. The second kappa shape index (κ2) is 3.42. The van der Waals surface area contributed by atoms with Gasteiger partial charge in [0.15, 0.2) is 5.96 Å². The number of nitrogens with one attached hydrogen (secondary N) is 1. The highest BCUT2D eigenvalue weighted by Crippen LogP contribution is 2.20. The first-order chi connectivity index (χ1) is 6.57. The maximum atomic E-state index is 5.84. The lowest BCUT2D eigenvalue weighted by atomic mass is 10.1. The van der Waals surface area contributed by atoms with E-state index in [1.165, 1.54) is 0 Å². The van der Waals surface area contributed by atoms with Gasteiger partial charge in [-0.3, -0.25) is 4.99 Å². The topological polar surface area (TPSA) is 36.9 Å². The molecule has 1 fully saturated rings. The monoisotopic (exact) mass is 197 g/mol. The van der Waals surface area contributed by atoms with Crippen molar-refractivity contribution in [3.63, 3.8) is 0 Å². The van der Waals surface area contributed by atoms with E-state index in [1.807, 2.05) is 0 Å². The summed E-state index contributed by atoms with van der Waals surface area (Å²) in [7, 11) is 0. The molecule has 1 N–H and O–H groups in total. The molecular formula is C10H19N3O. The number of aliphatic imine (C=N–C) groups is 1. The summed E-state index contributed by atoms with van der Waals surface area (Å²) in [5, 5.41) is 3.30. The Bertz CT molecular complexity index is 250. The molecule has 0 radical (unpaired) electrons. The Kier molecular flexibility index (Phi) is 2.39. The van der Waals surface area contributed by atoms with E-state index in [9.17, 15) is 0 Å². The Balaban J connectivity index is 2.05. The SMILES string of the molecule is CC1CN(C2=NCCN2)CC(C)(C)O1. The number of morpholine rings is 1. The molecule has 2 aliphatic rings. The Morgan fingerprint density at radius 2 is 2.36 bits per heavy atom. The smallest absolute Gasteiger partial charge is 0.194 e. The minimum Gasteiger partial charge on any atom is -0.369 e. The summed E-state index contributed by atoms with van der Waals surface area (Å²) in [6, 6.07) is 0. The van der Waals surface area contributed by atoms with E-state index in [1.54, 1.807) is 0 Å². The molecule has 14 heavy (non-hydrogen) atoms. The van der Waals surface area contributed by atoms with Crippen molar-refractivity contribution in [3.8, 4) is 0 Å². The van der Waals surface area contributed by atoms with Crippen LogP contribution in [0.2, 0.25) is 0 Å². The molecule has 2 aliphatic heterocycles. The third kappa shape index (κ3) is 2.00. The Labute approximate surface area is 85.3 Å². The van der Waals surface area contributed by atoms with Gasteiger partial charge in [0.1, 0.15) is 0 Å². The van der Waals surface area contributed by atoms with Crippen molar-refractivity contribution in [3.05, 3.63) is 0 Å². The van der Waals surface area contributed by atoms with E-state index in [0.29, 0.717) is 0 Å². The molecule has 0 aromatic carbocycles. The van der Waals surface area contributed by atoms with Crippen LogP contribution in [0.4, 0.5) is 0 Å². The third-order valence-electron chi connectivity index (χ3n) is 2.53. The molecule has 0 aliphatic carbocycles. The first kappa shape index (κ1) is 9.77. The van der Waals surface area contributed by atoms with Crippen LogP contribution in [-0.2, 0) is 4.74 Å². The lowest BCUT2D eigenvalue weighted by Gasteiger charge is -2.42. The molecule has 1 saturated heterocycles. The average molecular weight is 197 g/mol. The maximum absolute atomic E-state index is 5.84. The molecule has 0 aromatic rings. The van der Waals surface area contributed by atoms with Crippen LogP contribution < -0.4 is 5.32 Å². The van der Waals surface area contributed by atoms with Crippen LogP contribution in [0.5, 0.6) is 0 Å². The number of hydrogen-bond donors (Lipinski definition) is 1. The molecule has 80 valence electrons. The van der Waals surface area contributed by atoms with E-state index >= 15 is 0 Å². The van der Waals surface area contributed by atoms with Gasteiger partial charge in [-0.05, 0) is 20.8 Å². The predicted molar refractivity (Wildman–Crippen MR) is 56.5 cm³/mol. The molecule has 1 unspecified atom stereocenters. The fraction of sp³-hybridized carbons (Fsp3) is 0.900. The third-order valence-corrected chi connectivity index (χ3v) is 2.53. The Morgan fingerprint density at radius 3 is 2.93 bits per heavy atom. The first-order valence-electron chi connectivity index (χ1n) is 5.28. The van der Waals surface area contributed by atoms with E-state index in [0.717, 1.165) is 32.1 Å². The number of ether oxygens (including phenoxy) is 1. The van der Waals surface area contributed by atoms with E-state index < -0.39 is 0 Å². The van der Waals surface area contributed by atoms with Crippen LogP contribution in [-0.4, -0.2) is 48.7 Å². The van der Waals surface area contributed by atoms with Crippen molar-refractivity contribution in [1.82, 2.24) is 10.2 Å². The maximum Gasteiger partial charge on any atom is 0.194 e. The van der Waals surface area contributed by atoms with E-state index in [-0.39, 0.29) is 11.7 Å². The molecule has 4 heteroatoms. The standard InChI is InChI=1S/C10H19N3O/c1-8-6-13(7-10(2,3)14-8)9-11-4-5-12-9/h8H,4-7H2,1-3H3,(H,11,12). The lowest BCUT2D eigenvalue weighted by Crippen LogP contribution is -2.55. The summed E-state index contributed by atoms with van der Waals surface area (Å²) in [6.07, 6.45) is 0.281. The highest BCUT2D eigenvalue weighted by molar-refractivity contribution is 5.81. The Hall–Kier alpha value is -0.770. The van der Waals surface area contributed by atoms with Crippen molar-refractivity contribution in [2.24, 2.45) is 4.99 Å². The first-order valence-corrected chi connectivity index (χ1v) is 5.28. The zero-order valence-electron chi connectivity index (χ0n) is 9.21. The second-order valence-electron chi connectivity index (χ2n) is 4.70. The van der Waals surface area contributed by atoms with Gasteiger partial charge in [0.2, 0.25) is 0 Å². The van der Waals surface area contributed by atoms with Gasteiger partial charge >= 0.3 is 0 Å². The van der Waals surface area contributed by atoms with E-state index in [2.05, 4.69) is 36.0 Å². The number of guanidine groups is 1. The molecule has 2 rings (SSSR count). The van der Waals surface area contributed by atoms with Crippen LogP contribution in [0.3, 0.4) is 0 Å². The molecule has 1 atom stereocenters. The van der Waals surface area contributed by atoms with Crippen molar-refractivity contribution in [2.75, 3.05) is 26.2 Å². The normalized spacial score (nSPS) is 31.2. The summed E-state index contributed by atoms with van der Waals surface area (Å²) in [4.78, 5) is 6.73. The lowest BCUT2D eigenvalue weighted by molar-refractivity contribution is -0.113. The van der Waals surface area contributed by atoms with Gasteiger partial charge in [-0.2, -0.15) is 0 Å². The van der Waals surface area contributed by atoms with Gasteiger partial charge in [0.05, 0.1) is 18.2 Å². The molecule has 0 amide bonds. The number of nitrogens with zero attached hydrogens (tertiary/aromatic N) is 2. The summed E-state index contributed by atoms with van der Waals surface area (Å²) in [5.74, 6) is 1.05. The quantitative estimate of drug-likeness (QED) is 0.612. The molecular weight excluding hydrogens is 178 g/mol. The van der Waals surface area contributed by atoms with Crippen molar-refractivity contribution in [2.45, 2.75) is 32.5 Å². The van der Waals surface area contributed by atoms with Gasteiger partial charge in [-0.1, -0.05) is 0 Å². The molecule has 0 aromatic heterocycles. The van der Waals surface area contributed by atoms with Gasteiger partial charge in [0, 0.05) is 19.6 Å². The minimum absolute atomic E-state index is 0.0650. The van der Waals surface area contributed by atoms with Crippen LogP contribution in [0.25, 0.3) is 0 Å². The number of hydrogen-bond acceptors (Lipinski definition) is 4. The number of rotatable bonds is 0. The van der Waals surface area contributed by atoms with Crippen molar-refractivity contribution in [1.29, 1.82) is 0 Å². The highest BCUT2D eigenvalue weighted by Gasteiger charge is 2.33. The van der Waals surface area contributed by atoms with Crippen LogP contribution in [0, 0.1) is 0 Å². The van der Waals surface area contributed by atoms with Gasteiger partial charge < -0.3 is 15.0 Å². The van der Waals surface area contributed by atoms with Crippen molar-refractivity contribution < 1.29 is 4.74 Å². The van der Waals surface area contributed by atoms with Gasteiger partial charge in [-0.25, -0.2) is 0 Å². The summed E-state index contributed by atoms with van der Waals surface area (Å²) in [6.45, 7) is 10.1. The van der Waals surface area contributed by atoms with Gasteiger partial charge in [-0.15, -0.1) is 0 Å². The van der Waals surface area contributed by atoms with Crippen molar-refractivity contribution >= 4 is 5.96 Å². The summed E-state index contributed by atoms with van der Waals surface area (Å²) < 4.78 is 5.84. The molecule has 0 spiro atoms. The predicted octanol–water partition coefficient (Wildman–Crippen LogP) is 0.445. The van der Waals surface area contributed by atoms with Gasteiger partial charge in [0.25, 0.3) is 0 Å². The summed E-state index contributed by atoms with van der Waals surface area (Å²) in [5.41, 5.74) is -0.0650. The average Bonchev–Trinajstić information content (AvgIpc) is 2.51. The molecule has 0 saturated carbocycles. The van der Waals surface area contributed by atoms with E-state index in [4.69, 9.17) is 4.74 Å². The van der Waals surface area contributed by atoms with Crippen LogP contribution in [0.1, 0.15) is 20.8 Å². The second-order valence-corrected chi connectivity index (χ2v) is 4.70. The fourth-order valence-corrected chi connectivity index (χ4v) is 2.21. The zero-order valence-corrected chi connectivity index (χ0v) is 9.21. The van der Waals surface area contributed by atoms with Crippen LogP contribution in [0.15, 0.2) is 4.99 Å². The highest BCUT2D eigenvalue weighted by atomic mass is 16.5. The zero-order chi connectivity index (χ0) is 10.2. The minimum atomic E-state index is -0.0650. The fourth-order valence-electron chi connectivity index (χ4n) is 2.21. The molecule has 2 heterocycles. The largest absolute Gasteiger partial charge is 0.369 e. The molecule has 0 bridgehead atoms. The van der Waals surface area contributed by atoms with Crippen LogP contribution >= 0.6 is 0 Å². The Morgan fingerprint density at radius 1 is 1.57 bits per heavy atom.